The van der Waals surface area contributed by atoms with Crippen LogP contribution in [-0.2, 0) is 0 Å². The minimum Gasteiger partial charge on any atom is -0.490 e. The van der Waals surface area contributed by atoms with Crippen molar-refractivity contribution >= 4 is 11.6 Å². The molecule has 1 aromatic heterocycles. The number of ether oxygens (including phenoxy) is 2. The van der Waals surface area contributed by atoms with Crippen LogP contribution in [0, 0.1) is 0 Å². The van der Waals surface area contributed by atoms with Crippen LogP contribution >= 0.6 is 11.6 Å². The molecule has 0 unspecified atom stereocenters. The van der Waals surface area contributed by atoms with Crippen LogP contribution in [0.25, 0.3) is 11.4 Å². The van der Waals surface area contributed by atoms with E-state index in [2.05, 4.69) is 15.0 Å². The highest BCUT2D eigenvalue weighted by Gasteiger charge is 2.23. The van der Waals surface area contributed by atoms with Crippen LogP contribution in [0.2, 0.25) is 5.28 Å². The molecule has 0 aliphatic heterocycles. The van der Waals surface area contributed by atoms with E-state index in [-0.39, 0.29) is 11.3 Å². The first-order valence-electron chi connectivity index (χ1n) is 6.56. The van der Waals surface area contributed by atoms with Crippen LogP contribution in [0.5, 0.6) is 11.8 Å². The molecule has 1 aliphatic carbocycles. The van der Waals surface area contributed by atoms with Crippen molar-refractivity contribution in [1.29, 1.82) is 0 Å². The summed E-state index contributed by atoms with van der Waals surface area (Å²) in [5.74, 6) is 1.35. The Balaban J connectivity index is 1.83. The summed E-state index contributed by atoms with van der Waals surface area (Å²) in [5, 5.41) is 0.122. The fourth-order valence-electron chi connectivity index (χ4n) is 1.72. The molecule has 1 saturated carbocycles. The molecule has 5 nitrogen and oxygen atoms in total. The number of aromatic nitrogens is 3. The molecule has 20 heavy (non-hydrogen) atoms. The summed E-state index contributed by atoms with van der Waals surface area (Å²) in [5.41, 5.74) is 0.846. The van der Waals surface area contributed by atoms with Gasteiger partial charge in [0.2, 0.25) is 5.28 Å². The Morgan fingerprint density at radius 2 is 1.90 bits per heavy atom. The minimum atomic E-state index is 0.122. The van der Waals surface area contributed by atoms with Crippen molar-refractivity contribution in [2.75, 3.05) is 6.61 Å². The molecule has 1 heterocycles. The Bertz CT molecular complexity index is 600. The molecule has 2 aromatic rings. The van der Waals surface area contributed by atoms with Gasteiger partial charge in [0.25, 0.3) is 0 Å². The van der Waals surface area contributed by atoms with Gasteiger partial charge >= 0.3 is 6.01 Å². The standard InChI is InChI=1S/C14H14ClN3O2/c1-2-19-14-17-12(16-13(15)18-14)9-3-5-10(6-4-9)20-11-7-8-11/h3-6,11H,2,7-8H2,1H3. The van der Waals surface area contributed by atoms with Gasteiger partial charge in [-0.2, -0.15) is 15.0 Å². The molecule has 0 bridgehead atoms. The van der Waals surface area contributed by atoms with Crippen molar-refractivity contribution in [3.8, 4) is 23.1 Å². The van der Waals surface area contributed by atoms with E-state index in [0.29, 0.717) is 18.5 Å². The van der Waals surface area contributed by atoms with E-state index in [9.17, 15) is 0 Å². The Hall–Kier alpha value is -1.88. The SMILES string of the molecule is CCOc1nc(Cl)nc(-c2ccc(OC3CC3)cc2)n1. The lowest BCUT2D eigenvalue weighted by Crippen LogP contribution is -2.01. The second-order valence-electron chi connectivity index (χ2n) is 4.49. The van der Waals surface area contributed by atoms with Crippen molar-refractivity contribution in [3.63, 3.8) is 0 Å². The molecule has 6 heteroatoms. The molecule has 0 atom stereocenters. The Labute approximate surface area is 121 Å². The van der Waals surface area contributed by atoms with Gasteiger partial charge < -0.3 is 9.47 Å². The van der Waals surface area contributed by atoms with Gasteiger partial charge in [0.05, 0.1) is 12.7 Å². The van der Waals surface area contributed by atoms with Crippen LogP contribution in [0.4, 0.5) is 0 Å². The third kappa shape index (κ3) is 3.17. The first kappa shape index (κ1) is 13.1. The van der Waals surface area contributed by atoms with Crippen LogP contribution in [-0.4, -0.2) is 27.7 Å². The van der Waals surface area contributed by atoms with Gasteiger partial charge in [-0.15, -0.1) is 0 Å². The largest absolute Gasteiger partial charge is 0.490 e. The molecule has 3 rings (SSSR count). The molecular weight excluding hydrogens is 278 g/mol. The molecule has 104 valence electrons. The number of rotatable bonds is 5. The van der Waals surface area contributed by atoms with Crippen LogP contribution in [0.3, 0.4) is 0 Å². The topological polar surface area (TPSA) is 57.1 Å². The smallest absolute Gasteiger partial charge is 0.321 e. The lowest BCUT2D eigenvalue weighted by atomic mass is 10.2. The molecule has 1 aliphatic rings. The van der Waals surface area contributed by atoms with E-state index in [1.54, 1.807) is 0 Å². The first-order chi connectivity index (χ1) is 9.74. The zero-order valence-corrected chi connectivity index (χ0v) is 11.8. The van der Waals surface area contributed by atoms with Gasteiger partial charge in [-0.25, -0.2) is 0 Å². The van der Waals surface area contributed by atoms with Gasteiger partial charge in [-0.1, -0.05) is 0 Å². The normalized spacial score (nSPS) is 14.1. The molecule has 0 radical (unpaired) electrons. The van der Waals surface area contributed by atoms with Crippen molar-refractivity contribution in [3.05, 3.63) is 29.5 Å². The van der Waals surface area contributed by atoms with Gasteiger partial charge in [0, 0.05) is 5.56 Å². The highest BCUT2D eigenvalue weighted by molar-refractivity contribution is 6.28. The molecule has 0 saturated heterocycles. The quantitative estimate of drug-likeness (QED) is 0.847. The highest BCUT2D eigenvalue weighted by Crippen LogP contribution is 2.28. The fraction of sp³-hybridized carbons (Fsp3) is 0.357. The second-order valence-corrected chi connectivity index (χ2v) is 4.82. The lowest BCUT2D eigenvalue weighted by Gasteiger charge is -2.06. The van der Waals surface area contributed by atoms with E-state index in [1.807, 2.05) is 31.2 Å². The van der Waals surface area contributed by atoms with Crippen LogP contribution < -0.4 is 9.47 Å². The zero-order valence-electron chi connectivity index (χ0n) is 11.0. The first-order valence-corrected chi connectivity index (χ1v) is 6.94. The van der Waals surface area contributed by atoms with E-state index < -0.39 is 0 Å². The van der Waals surface area contributed by atoms with Crippen LogP contribution in [0.15, 0.2) is 24.3 Å². The third-order valence-electron chi connectivity index (χ3n) is 2.80. The predicted octanol–water partition coefficient (Wildman–Crippen LogP) is 3.13. The van der Waals surface area contributed by atoms with Gasteiger partial charge in [0.15, 0.2) is 5.82 Å². The molecule has 0 amide bonds. The maximum absolute atomic E-state index is 5.88. The summed E-state index contributed by atoms with van der Waals surface area (Å²) >= 11 is 5.88. The average Bonchev–Trinajstić information content (AvgIpc) is 3.23. The monoisotopic (exact) mass is 291 g/mol. The summed E-state index contributed by atoms with van der Waals surface area (Å²) < 4.78 is 11.0. The average molecular weight is 292 g/mol. The van der Waals surface area contributed by atoms with Crippen molar-refractivity contribution in [1.82, 2.24) is 15.0 Å². The highest BCUT2D eigenvalue weighted by atomic mass is 35.5. The molecule has 0 spiro atoms. The summed E-state index contributed by atoms with van der Waals surface area (Å²) in [7, 11) is 0. The van der Waals surface area contributed by atoms with E-state index in [1.165, 1.54) is 0 Å². The van der Waals surface area contributed by atoms with E-state index in [0.717, 1.165) is 24.2 Å². The van der Waals surface area contributed by atoms with E-state index >= 15 is 0 Å². The maximum atomic E-state index is 5.88. The summed E-state index contributed by atoms with van der Waals surface area (Å²) in [4.78, 5) is 12.2. The molecular formula is C14H14ClN3O2. The number of halogens is 1. The molecule has 1 fully saturated rings. The van der Waals surface area contributed by atoms with Gasteiger partial charge in [0.1, 0.15) is 5.75 Å². The van der Waals surface area contributed by atoms with Crippen molar-refractivity contribution in [2.45, 2.75) is 25.9 Å². The van der Waals surface area contributed by atoms with Gasteiger partial charge in [-0.3, -0.25) is 0 Å². The van der Waals surface area contributed by atoms with Crippen LogP contribution in [0.1, 0.15) is 19.8 Å². The van der Waals surface area contributed by atoms with Crippen molar-refractivity contribution < 1.29 is 9.47 Å². The number of hydrogen-bond acceptors (Lipinski definition) is 5. The second kappa shape index (κ2) is 5.63. The molecule has 1 aromatic carbocycles. The maximum Gasteiger partial charge on any atom is 0.321 e. The third-order valence-corrected chi connectivity index (χ3v) is 2.97. The lowest BCUT2D eigenvalue weighted by molar-refractivity contribution is 0.303. The minimum absolute atomic E-state index is 0.122. The Kier molecular flexibility index (Phi) is 3.69. The zero-order chi connectivity index (χ0) is 13.9. The summed E-state index contributed by atoms with van der Waals surface area (Å²) in [6, 6.07) is 7.86. The van der Waals surface area contributed by atoms with E-state index in [4.69, 9.17) is 21.1 Å². The van der Waals surface area contributed by atoms with Crippen molar-refractivity contribution in [2.24, 2.45) is 0 Å². The summed E-state index contributed by atoms with van der Waals surface area (Å²) in [6.07, 6.45) is 2.67. The molecule has 0 N–H and O–H groups in total. The Morgan fingerprint density at radius 1 is 1.15 bits per heavy atom. The summed E-state index contributed by atoms with van der Waals surface area (Å²) in [6.45, 7) is 2.34. The number of benzene rings is 1. The van der Waals surface area contributed by atoms with Gasteiger partial charge in [-0.05, 0) is 55.6 Å². The number of hydrogen-bond donors (Lipinski definition) is 0. The Morgan fingerprint density at radius 3 is 2.55 bits per heavy atom. The fourth-order valence-corrected chi connectivity index (χ4v) is 1.87. The number of nitrogens with zero attached hydrogens (tertiary/aromatic N) is 3. The predicted molar refractivity (Wildman–Crippen MR) is 75.1 cm³/mol.